The van der Waals surface area contributed by atoms with E-state index in [1.54, 1.807) is 170 Å². The second-order valence-corrected chi connectivity index (χ2v) is 26.5. The lowest BCUT2D eigenvalue weighted by Crippen LogP contribution is -2.53. The number of alkyl carbamates (subject to hydrolysis) is 2. The van der Waals surface area contributed by atoms with Crippen LogP contribution in [0.5, 0.6) is 5.75 Å². The van der Waals surface area contributed by atoms with Crippen LogP contribution < -0.4 is 15.4 Å². The first-order valence-corrected chi connectivity index (χ1v) is 27.7. The first-order valence-electron chi connectivity index (χ1n) is 27.7. The van der Waals surface area contributed by atoms with E-state index in [-0.39, 0.29) is 57.6 Å². The Labute approximate surface area is 481 Å². The van der Waals surface area contributed by atoms with Gasteiger partial charge in [0.15, 0.2) is 0 Å². The van der Waals surface area contributed by atoms with Crippen molar-refractivity contribution >= 4 is 60.3 Å². The summed E-state index contributed by atoms with van der Waals surface area (Å²) in [5.41, 5.74) is -5.51. The molecule has 23 heteroatoms. The molecule has 0 saturated carbocycles. The molecule has 6 amide bonds. The zero-order valence-electron chi connectivity index (χ0n) is 52.4. The maximum absolute atomic E-state index is 14.3. The molecule has 1 aliphatic rings. The summed E-state index contributed by atoms with van der Waals surface area (Å²) in [4.78, 5) is 111. The number of rotatable bonds is 16. The van der Waals surface area contributed by atoms with Gasteiger partial charge in [0, 0.05) is 37.7 Å². The van der Waals surface area contributed by atoms with Gasteiger partial charge in [-0.2, -0.15) is 0 Å². The van der Waals surface area contributed by atoms with Gasteiger partial charge in [0.05, 0.1) is 13.0 Å². The molecule has 1 aromatic carbocycles. The zero-order chi connectivity index (χ0) is 62.0. The fourth-order valence-corrected chi connectivity index (χ4v) is 7.13. The number of amides is 6. The molecule has 0 bridgehead atoms. The molecule has 458 valence electrons. The van der Waals surface area contributed by atoms with Crippen LogP contribution in [-0.4, -0.2) is 154 Å². The Morgan fingerprint density at radius 2 is 1.00 bits per heavy atom. The molecule has 2 N–H and O–H groups in total. The topological polar surface area (TPSA) is 264 Å². The Hall–Kier alpha value is -6.68. The van der Waals surface area contributed by atoms with Crippen LogP contribution in [-0.2, 0) is 38.0 Å². The number of hydrogen-bond acceptors (Lipinski definition) is 17. The maximum atomic E-state index is 14.3. The highest BCUT2D eigenvalue weighted by Crippen LogP contribution is 2.25. The number of carbonyl (C=O) groups is 7. The van der Waals surface area contributed by atoms with Crippen LogP contribution in [0.2, 0.25) is 0 Å². The lowest BCUT2D eigenvalue weighted by atomic mass is 10.0. The number of amidine groups is 1. The fraction of sp³-hybridized carbons (Fsp3) is 0.724. The Bertz CT molecular complexity index is 2340. The van der Waals surface area contributed by atoms with Crippen LogP contribution in [0.1, 0.15) is 196 Å². The quantitative estimate of drug-likeness (QED) is 0.0512. The minimum atomic E-state index is -1.08. The van der Waals surface area contributed by atoms with Gasteiger partial charge in [-0.25, -0.2) is 38.6 Å². The first kappa shape index (κ1) is 70.4. The number of unbranched alkanes of at least 4 members (excludes halogenated alkanes) is 5. The molecule has 1 unspecified atom stereocenters. The molecule has 1 aliphatic heterocycles. The molecule has 1 heterocycles. The molecule has 0 fully saturated rings. The van der Waals surface area contributed by atoms with Gasteiger partial charge in [-0.15, -0.1) is 4.99 Å². The van der Waals surface area contributed by atoms with Crippen molar-refractivity contribution in [3.8, 4) is 5.75 Å². The maximum Gasteiger partial charge on any atom is 0.437 e. The number of ether oxygens (including phenoxy) is 8. The monoisotopic (exact) mass is 1140 g/mol. The van der Waals surface area contributed by atoms with Crippen molar-refractivity contribution in [2.24, 2.45) is 20.9 Å². The lowest BCUT2D eigenvalue weighted by Gasteiger charge is -2.34. The van der Waals surface area contributed by atoms with Gasteiger partial charge < -0.3 is 37.9 Å². The second kappa shape index (κ2) is 29.9. The smallest absolute Gasteiger partial charge is 0.437 e. The highest BCUT2D eigenvalue weighted by Gasteiger charge is 2.37. The number of carbonyl (C=O) groups excluding carboxylic acids is 7. The summed E-state index contributed by atoms with van der Waals surface area (Å²) in [5.74, 6) is -0.516. The van der Waals surface area contributed by atoms with Gasteiger partial charge in [-0.05, 0) is 183 Å². The largest absolute Gasteiger partial charge is 0.492 e. The van der Waals surface area contributed by atoms with Crippen LogP contribution >= 0.6 is 0 Å². The van der Waals surface area contributed by atoms with Crippen LogP contribution in [0.4, 0.5) is 28.8 Å². The summed E-state index contributed by atoms with van der Waals surface area (Å²) in [5, 5.41) is 4.96. The summed E-state index contributed by atoms with van der Waals surface area (Å²) in [6, 6.07) is 6.76. The van der Waals surface area contributed by atoms with E-state index in [1.165, 1.54) is 4.90 Å². The molecule has 1 atom stereocenters. The van der Waals surface area contributed by atoms with Crippen LogP contribution in [0.3, 0.4) is 0 Å². The molecule has 23 nitrogen and oxygen atoms in total. The Morgan fingerprint density at radius 3 is 1.47 bits per heavy atom. The third-order valence-corrected chi connectivity index (χ3v) is 9.97. The Kier molecular flexibility index (Phi) is 26.0. The average molecular weight is 1150 g/mol. The summed E-state index contributed by atoms with van der Waals surface area (Å²) in [6.45, 7) is 36.1. The van der Waals surface area contributed by atoms with Crippen molar-refractivity contribution in [3.05, 3.63) is 29.8 Å². The van der Waals surface area contributed by atoms with E-state index in [2.05, 4.69) is 20.6 Å². The number of nitrogens with one attached hydrogen (secondary N) is 2. The van der Waals surface area contributed by atoms with Gasteiger partial charge in [0.25, 0.3) is 0 Å². The molecule has 2 rings (SSSR count). The Morgan fingerprint density at radius 1 is 0.556 bits per heavy atom. The molecule has 0 saturated heterocycles. The van der Waals surface area contributed by atoms with Gasteiger partial charge in [0.1, 0.15) is 57.4 Å². The van der Waals surface area contributed by atoms with Gasteiger partial charge in [-0.1, -0.05) is 25.7 Å². The van der Waals surface area contributed by atoms with E-state index in [0.717, 1.165) is 22.6 Å². The minimum absolute atomic E-state index is 0.0373. The van der Waals surface area contributed by atoms with Crippen LogP contribution in [0.15, 0.2) is 39.2 Å². The number of nitrogens with zero attached hydrogens (tertiary/aromatic N) is 6. The SMILES string of the molecule is CC(C)(C)OC(=O)CC1CN=C(c2ccc(OCCN(C(=O)OC(C)(C)C)C(=NC(=O)OC(C)(C)C)N(CCCCCCCCN=C(NC(=O)OC(C)(C)C)NC(=O)OC(C)(C)C)C(=O)OC(C)(C)C)cc2)N(C(=O)OC(C)(C)C)C1. The zero-order valence-corrected chi connectivity index (χ0v) is 52.4. The van der Waals surface area contributed by atoms with E-state index >= 15 is 0 Å². The normalized spacial score (nSPS) is 14.5. The number of esters is 1. The molecular formula is C58H96N8O15. The molecule has 81 heavy (non-hydrogen) atoms. The standard InChI is InChI=1S/C58H96N8O15/c1-52(2,3)75-42(67)36-39-37-60-43(66(38-39)51(73)81-58(19,20)21)40-28-30-41(31-29-40)74-35-34-65(50(72)80-57(16,17)18)45(63-48(70)78-55(10,11)12)64(49(71)79-56(13,14)15)33-27-25-23-22-24-26-32-59-44(61-46(68)76-53(4,5)6)62-47(69)77-54(7,8)9/h28-31,39H,22-27,32-38H2,1-21H3,(H2,59,61,62,68,69). The number of guanidine groups is 2. The van der Waals surface area contributed by atoms with E-state index in [9.17, 15) is 33.6 Å². The second-order valence-electron chi connectivity index (χ2n) is 26.5. The van der Waals surface area contributed by atoms with Crippen molar-refractivity contribution in [2.75, 3.05) is 39.3 Å². The van der Waals surface area contributed by atoms with E-state index in [1.807, 2.05) is 0 Å². The van der Waals surface area contributed by atoms with Crippen LogP contribution in [0, 0.1) is 5.92 Å². The van der Waals surface area contributed by atoms with Crippen LogP contribution in [0.25, 0.3) is 0 Å². The predicted molar refractivity (Wildman–Crippen MR) is 309 cm³/mol. The molecule has 0 spiro atoms. The number of hydrogen-bond donors (Lipinski definition) is 2. The number of benzene rings is 1. The molecular weight excluding hydrogens is 1050 g/mol. The van der Waals surface area contributed by atoms with Crippen molar-refractivity contribution in [2.45, 2.75) is 230 Å². The number of aliphatic imine (C=N–C) groups is 3. The highest BCUT2D eigenvalue weighted by molar-refractivity contribution is 6.07. The third kappa shape index (κ3) is 31.2. The van der Waals surface area contributed by atoms with E-state index in [4.69, 9.17) is 42.9 Å². The molecule has 0 aromatic heterocycles. The summed E-state index contributed by atoms with van der Waals surface area (Å²) >= 11 is 0. The first-order chi connectivity index (χ1) is 36.9. The fourth-order valence-electron chi connectivity index (χ4n) is 7.13. The van der Waals surface area contributed by atoms with Crippen molar-refractivity contribution in [3.63, 3.8) is 0 Å². The third-order valence-electron chi connectivity index (χ3n) is 9.97. The highest BCUT2D eigenvalue weighted by atomic mass is 16.6. The van der Waals surface area contributed by atoms with Gasteiger partial charge >= 0.3 is 42.5 Å². The molecule has 1 aromatic rings. The van der Waals surface area contributed by atoms with Crippen molar-refractivity contribution < 1.29 is 71.5 Å². The van der Waals surface area contributed by atoms with Gasteiger partial charge in [0.2, 0.25) is 11.9 Å². The lowest BCUT2D eigenvalue weighted by molar-refractivity contribution is -0.156. The summed E-state index contributed by atoms with van der Waals surface area (Å²) < 4.78 is 45.4. The van der Waals surface area contributed by atoms with Crippen molar-refractivity contribution in [1.29, 1.82) is 0 Å². The van der Waals surface area contributed by atoms with Crippen molar-refractivity contribution in [1.82, 2.24) is 25.3 Å². The average Bonchev–Trinajstić information content (AvgIpc) is 3.23. The predicted octanol–water partition coefficient (Wildman–Crippen LogP) is 11.9. The summed E-state index contributed by atoms with van der Waals surface area (Å²) in [7, 11) is 0. The van der Waals surface area contributed by atoms with E-state index < -0.39 is 87.7 Å². The molecule has 0 radical (unpaired) electrons. The van der Waals surface area contributed by atoms with Gasteiger partial charge in [-0.3, -0.25) is 30.3 Å². The minimum Gasteiger partial charge on any atom is -0.492 e. The van der Waals surface area contributed by atoms with E-state index in [0.29, 0.717) is 42.8 Å². The summed E-state index contributed by atoms with van der Waals surface area (Å²) in [6.07, 6.45) is -1.26. The molecule has 0 aliphatic carbocycles. The Balaban J connectivity index is 2.43.